The molecule has 1 aromatic rings. The van der Waals surface area contributed by atoms with Crippen molar-refractivity contribution in [2.75, 3.05) is 12.3 Å². The van der Waals surface area contributed by atoms with Crippen LogP contribution in [0.2, 0.25) is 0 Å². The molecule has 8 heteroatoms. The van der Waals surface area contributed by atoms with E-state index in [1.165, 1.54) is 23.8 Å². The average molecular weight is 275 g/mol. The molecule has 6 nitrogen and oxygen atoms in total. The molecule has 18 heavy (non-hydrogen) atoms. The van der Waals surface area contributed by atoms with Gasteiger partial charge in [0.1, 0.15) is 17.5 Å². The Morgan fingerprint density at radius 3 is 2.89 bits per heavy atom. The van der Waals surface area contributed by atoms with Gasteiger partial charge in [-0.15, -0.1) is 0 Å². The number of halogens is 1. The van der Waals surface area contributed by atoms with Crippen molar-refractivity contribution in [3.63, 3.8) is 0 Å². The Hall–Kier alpha value is -1.09. The quantitative estimate of drug-likeness (QED) is 0.666. The van der Waals surface area contributed by atoms with Gasteiger partial charge in [-0.05, 0) is 25.2 Å². The second-order valence-electron chi connectivity index (χ2n) is 4.38. The van der Waals surface area contributed by atoms with E-state index in [4.69, 9.17) is 27.8 Å². The molecule has 100 valence electrons. The standard InChI is InChI=1S/C10H14FN3O3S/c1-10(16)7(11)5(4-15)17-8(10)14-3-2-6(12)13-9(14)18/h2-3,5,7-8,15-16H,4H2,1H3,(H2,12,13,18)/t5-,7?,8-,10-/m1/s1. The molecule has 1 aliphatic heterocycles. The van der Waals surface area contributed by atoms with Gasteiger partial charge in [0.15, 0.2) is 12.4 Å². The highest BCUT2D eigenvalue weighted by atomic mass is 32.1. The van der Waals surface area contributed by atoms with Crippen LogP contribution in [0.3, 0.4) is 0 Å². The number of hydrogen-bond acceptors (Lipinski definition) is 6. The third kappa shape index (κ3) is 2.01. The lowest BCUT2D eigenvalue weighted by molar-refractivity contribution is -0.0923. The monoisotopic (exact) mass is 275 g/mol. The van der Waals surface area contributed by atoms with Crippen LogP contribution in [0, 0.1) is 4.77 Å². The van der Waals surface area contributed by atoms with Crippen LogP contribution in [0.15, 0.2) is 12.3 Å². The molecule has 4 N–H and O–H groups in total. The van der Waals surface area contributed by atoms with Crippen molar-refractivity contribution >= 4 is 18.0 Å². The van der Waals surface area contributed by atoms with Gasteiger partial charge in [-0.1, -0.05) is 0 Å². The molecule has 0 aromatic carbocycles. The van der Waals surface area contributed by atoms with Crippen molar-refractivity contribution < 1.29 is 19.3 Å². The summed E-state index contributed by atoms with van der Waals surface area (Å²) >= 11 is 4.99. The summed E-state index contributed by atoms with van der Waals surface area (Å²) in [6.07, 6.45) is -2.39. The summed E-state index contributed by atoms with van der Waals surface area (Å²) in [5, 5.41) is 19.1. The lowest BCUT2D eigenvalue weighted by Crippen LogP contribution is -2.41. The van der Waals surface area contributed by atoms with E-state index in [-0.39, 0.29) is 10.6 Å². The Morgan fingerprint density at radius 2 is 2.39 bits per heavy atom. The Morgan fingerprint density at radius 1 is 1.72 bits per heavy atom. The number of rotatable bonds is 2. The van der Waals surface area contributed by atoms with Crippen molar-refractivity contribution in [2.24, 2.45) is 0 Å². The highest BCUT2D eigenvalue weighted by molar-refractivity contribution is 7.71. The molecule has 0 amide bonds. The van der Waals surface area contributed by atoms with Crippen molar-refractivity contribution in [3.05, 3.63) is 17.0 Å². The zero-order valence-corrected chi connectivity index (χ0v) is 10.5. The molecule has 1 unspecified atom stereocenters. The fraction of sp³-hybridized carbons (Fsp3) is 0.600. The van der Waals surface area contributed by atoms with E-state index in [0.29, 0.717) is 0 Å². The first kappa shape index (κ1) is 13.3. The fourth-order valence-corrected chi connectivity index (χ4v) is 2.23. The minimum absolute atomic E-state index is 0.0751. The van der Waals surface area contributed by atoms with Crippen LogP contribution in [0.4, 0.5) is 10.2 Å². The topological polar surface area (TPSA) is 93.5 Å². The van der Waals surface area contributed by atoms with Crippen molar-refractivity contribution in [3.8, 4) is 0 Å². The molecule has 1 fully saturated rings. The van der Waals surface area contributed by atoms with Crippen LogP contribution in [0.25, 0.3) is 0 Å². The van der Waals surface area contributed by atoms with E-state index in [1.54, 1.807) is 0 Å². The number of nitrogen functional groups attached to an aromatic ring is 1. The summed E-state index contributed by atoms with van der Waals surface area (Å²) in [5.41, 5.74) is 3.66. The Labute approximate surface area is 108 Å². The average Bonchev–Trinajstić information content (AvgIpc) is 2.52. The number of aliphatic hydroxyl groups excluding tert-OH is 1. The summed E-state index contributed by atoms with van der Waals surface area (Å²) in [4.78, 5) is 3.84. The number of hydrogen-bond donors (Lipinski definition) is 3. The molecular formula is C10H14FN3O3S. The molecule has 0 aliphatic carbocycles. The van der Waals surface area contributed by atoms with Gasteiger partial charge in [-0.3, -0.25) is 4.57 Å². The summed E-state index contributed by atoms with van der Waals surface area (Å²) < 4.78 is 20.6. The highest BCUT2D eigenvalue weighted by Gasteiger charge is 2.54. The third-order valence-electron chi connectivity index (χ3n) is 2.97. The molecule has 1 aromatic heterocycles. The van der Waals surface area contributed by atoms with Crippen molar-refractivity contribution in [1.82, 2.24) is 9.55 Å². The molecule has 2 heterocycles. The summed E-state index contributed by atoms with van der Waals surface area (Å²) in [6, 6.07) is 1.47. The number of aliphatic hydroxyl groups is 2. The van der Waals surface area contributed by atoms with E-state index in [2.05, 4.69) is 4.98 Å². The van der Waals surface area contributed by atoms with Gasteiger partial charge in [0, 0.05) is 6.20 Å². The molecular weight excluding hydrogens is 261 g/mol. The number of aromatic nitrogens is 2. The Kier molecular flexibility index (Phi) is 3.37. The van der Waals surface area contributed by atoms with E-state index in [1.807, 2.05) is 0 Å². The molecule has 4 atom stereocenters. The molecule has 2 rings (SSSR count). The third-order valence-corrected chi connectivity index (χ3v) is 3.27. The molecule has 0 bridgehead atoms. The number of nitrogens with two attached hydrogens (primary N) is 1. The highest BCUT2D eigenvalue weighted by Crippen LogP contribution is 2.39. The van der Waals surface area contributed by atoms with E-state index < -0.39 is 30.7 Å². The van der Waals surface area contributed by atoms with Gasteiger partial charge in [-0.25, -0.2) is 9.37 Å². The van der Waals surface area contributed by atoms with Gasteiger partial charge < -0.3 is 20.7 Å². The van der Waals surface area contributed by atoms with Crippen LogP contribution >= 0.6 is 12.2 Å². The summed E-state index contributed by atoms with van der Waals surface area (Å²) in [7, 11) is 0. The normalized spacial score (nSPS) is 35.9. The SMILES string of the molecule is C[C@@]1(O)C(F)[C@@H](CO)O[C@H]1n1ccc(N)nc1=S. The van der Waals surface area contributed by atoms with E-state index in [0.717, 1.165) is 0 Å². The predicted octanol–water partition coefficient (Wildman–Crippen LogP) is 0.174. The molecule has 1 saturated heterocycles. The smallest absolute Gasteiger partial charge is 0.203 e. The Balaban J connectivity index is 2.42. The maximum atomic E-state index is 13.9. The molecule has 0 spiro atoms. The van der Waals surface area contributed by atoms with Gasteiger partial charge in [0.2, 0.25) is 4.77 Å². The van der Waals surface area contributed by atoms with Gasteiger partial charge in [0.25, 0.3) is 0 Å². The largest absolute Gasteiger partial charge is 0.394 e. The maximum absolute atomic E-state index is 13.9. The summed E-state index contributed by atoms with van der Waals surface area (Å²) in [5.74, 6) is 0.226. The second kappa shape index (κ2) is 4.54. The lowest BCUT2D eigenvalue weighted by Gasteiger charge is -2.26. The second-order valence-corrected chi connectivity index (χ2v) is 4.74. The van der Waals surface area contributed by atoms with Gasteiger partial charge in [0.05, 0.1) is 6.61 Å². The maximum Gasteiger partial charge on any atom is 0.203 e. The Bertz CT molecular complexity index is 507. The fourth-order valence-electron chi connectivity index (χ4n) is 1.97. The number of ether oxygens (including phenoxy) is 1. The van der Waals surface area contributed by atoms with E-state index >= 15 is 0 Å². The van der Waals surface area contributed by atoms with Crippen molar-refractivity contribution in [2.45, 2.75) is 31.0 Å². The first-order valence-corrected chi connectivity index (χ1v) is 5.76. The van der Waals surface area contributed by atoms with E-state index in [9.17, 15) is 9.50 Å². The van der Waals surface area contributed by atoms with Crippen LogP contribution < -0.4 is 5.73 Å². The predicted molar refractivity (Wildman–Crippen MR) is 64.0 cm³/mol. The minimum Gasteiger partial charge on any atom is -0.394 e. The number of anilines is 1. The zero-order valence-electron chi connectivity index (χ0n) is 9.65. The van der Waals surface area contributed by atoms with Gasteiger partial charge in [-0.2, -0.15) is 0 Å². The van der Waals surface area contributed by atoms with Crippen LogP contribution in [0.1, 0.15) is 13.2 Å². The van der Waals surface area contributed by atoms with Crippen molar-refractivity contribution in [1.29, 1.82) is 0 Å². The molecule has 0 radical (unpaired) electrons. The van der Waals surface area contributed by atoms with Gasteiger partial charge >= 0.3 is 0 Å². The zero-order chi connectivity index (χ0) is 13.5. The number of nitrogens with zero attached hydrogens (tertiary/aromatic N) is 2. The first-order chi connectivity index (χ1) is 8.37. The molecule has 1 aliphatic rings. The first-order valence-electron chi connectivity index (χ1n) is 5.35. The van der Waals surface area contributed by atoms with Crippen LogP contribution in [0.5, 0.6) is 0 Å². The van der Waals surface area contributed by atoms with Crippen LogP contribution in [-0.4, -0.2) is 44.2 Å². The molecule has 0 saturated carbocycles. The number of alkyl halides is 1. The minimum atomic E-state index is -1.80. The lowest BCUT2D eigenvalue weighted by atomic mass is 9.98. The summed E-state index contributed by atoms with van der Waals surface area (Å²) in [6.45, 7) is 0.764. The van der Waals surface area contributed by atoms with Crippen LogP contribution in [-0.2, 0) is 4.74 Å².